The molecule has 2 aromatic heterocycles. The fourth-order valence-electron chi connectivity index (χ4n) is 2.97. The Kier molecular flexibility index (Phi) is 4.22. The number of benzene rings is 2. The van der Waals surface area contributed by atoms with E-state index in [0.29, 0.717) is 35.5 Å². The van der Waals surface area contributed by atoms with E-state index in [1.165, 1.54) is 0 Å². The Bertz CT molecular complexity index is 1150. The van der Waals surface area contributed by atoms with Crippen molar-refractivity contribution in [3.05, 3.63) is 64.2 Å². The van der Waals surface area contributed by atoms with Crippen LogP contribution in [0.25, 0.3) is 22.1 Å². The van der Waals surface area contributed by atoms with E-state index >= 15 is 0 Å². The Labute approximate surface area is 150 Å². The molecule has 0 saturated carbocycles. The molecular formula is C19H16BN3O3. The molecule has 4 aromatic rings. The molecule has 7 heteroatoms. The molecule has 0 saturated heterocycles. The molecule has 128 valence electrons. The third-order valence-electron chi connectivity index (χ3n) is 4.20. The highest BCUT2D eigenvalue weighted by Crippen LogP contribution is 2.23. The minimum atomic E-state index is -0.307. The van der Waals surface area contributed by atoms with Gasteiger partial charge in [0.15, 0.2) is 0 Å². The van der Waals surface area contributed by atoms with Crippen molar-refractivity contribution in [1.29, 1.82) is 0 Å². The highest BCUT2D eigenvalue weighted by molar-refractivity contribution is 6.33. The Morgan fingerprint density at radius 1 is 1.23 bits per heavy atom. The second-order valence-corrected chi connectivity index (χ2v) is 5.96. The van der Waals surface area contributed by atoms with Crippen LogP contribution in [0.15, 0.2) is 51.7 Å². The normalized spacial score (nSPS) is 11.3. The van der Waals surface area contributed by atoms with Crippen molar-refractivity contribution in [2.45, 2.75) is 13.1 Å². The Balaban J connectivity index is 1.62. The van der Waals surface area contributed by atoms with E-state index in [-0.39, 0.29) is 11.1 Å². The lowest BCUT2D eigenvalue weighted by Gasteiger charge is -2.09. The topological polar surface area (TPSA) is 80.2 Å². The van der Waals surface area contributed by atoms with Gasteiger partial charge in [0, 0.05) is 17.5 Å². The summed E-state index contributed by atoms with van der Waals surface area (Å²) in [7, 11) is 7.48. The van der Waals surface area contributed by atoms with Gasteiger partial charge < -0.3 is 19.5 Å². The van der Waals surface area contributed by atoms with Gasteiger partial charge in [0.2, 0.25) is 5.58 Å². The number of hydrogen-bond donors (Lipinski definition) is 2. The molecule has 4 rings (SSSR count). The van der Waals surface area contributed by atoms with Crippen LogP contribution in [-0.4, -0.2) is 24.9 Å². The molecule has 26 heavy (non-hydrogen) atoms. The second-order valence-electron chi connectivity index (χ2n) is 5.96. The Hall–Kier alpha value is -3.06. The van der Waals surface area contributed by atoms with Gasteiger partial charge in [-0.15, -0.1) is 0 Å². The van der Waals surface area contributed by atoms with Crippen LogP contribution >= 0.6 is 0 Å². The van der Waals surface area contributed by atoms with Crippen LogP contribution in [0.1, 0.15) is 11.4 Å². The summed E-state index contributed by atoms with van der Waals surface area (Å²) < 4.78 is 10.9. The third kappa shape index (κ3) is 2.97. The number of methoxy groups -OCH3 is 1. The number of hydrogen-bond acceptors (Lipinski definition) is 5. The number of ether oxygens (including phenoxy) is 1. The van der Waals surface area contributed by atoms with E-state index in [4.69, 9.17) is 17.0 Å². The van der Waals surface area contributed by atoms with E-state index in [1.54, 1.807) is 25.3 Å². The molecule has 0 fully saturated rings. The minimum absolute atomic E-state index is 0.207. The summed E-state index contributed by atoms with van der Waals surface area (Å²) in [4.78, 5) is 19.6. The van der Waals surface area contributed by atoms with E-state index in [2.05, 4.69) is 15.3 Å². The van der Waals surface area contributed by atoms with E-state index in [0.717, 1.165) is 16.7 Å². The standard InChI is InChI=1S/C19H16BN3O3/c1-25-14-5-3-2-4-11(14)9-21-10-16-22-17-13-8-12(20)6-7-15(13)26-18(17)19(24)23-16/h2-8,21H,9-10H2,1H3,(H,22,23,24). The summed E-state index contributed by atoms with van der Waals surface area (Å²) in [6.45, 7) is 0.989. The number of para-hydroxylation sites is 1. The number of H-pyrrole nitrogens is 1. The van der Waals surface area contributed by atoms with Crippen molar-refractivity contribution in [3.63, 3.8) is 0 Å². The summed E-state index contributed by atoms with van der Waals surface area (Å²) in [5, 5.41) is 4.00. The molecule has 0 unspecified atom stereocenters. The highest BCUT2D eigenvalue weighted by Gasteiger charge is 2.13. The monoisotopic (exact) mass is 345 g/mol. The summed E-state index contributed by atoms with van der Waals surface area (Å²) in [5.41, 5.74) is 2.63. The molecule has 2 N–H and O–H groups in total. The predicted octanol–water partition coefficient (Wildman–Crippen LogP) is 1.76. The van der Waals surface area contributed by atoms with Gasteiger partial charge in [0.1, 0.15) is 30.5 Å². The van der Waals surface area contributed by atoms with Crippen molar-refractivity contribution in [1.82, 2.24) is 15.3 Å². The van der Waals surface area contributed by atoms with Crippen molar-refractivity contribution in [2.75, 3.05) is 7.11 Å². The molecule has 2 radical (unpaired) electrons. The molecule has 0 amide bonds. The first-order valence-corrected chi connectivity index (χ1v) is 8.19. The molecule has 0 atom stereocenters. The first-order valence-electron chi connectivity index (χ1n) is 8.19. The van der Waals surface area contributed by atoms with Gasteiger partial charge in [0.05, 0.1) is 13.7 Å². The molecule has 2 heterocycles. The number of rotatable bonds is 5. The minimum Gasteiger partial charge on any atom is -0.496 e. The maximum Gasteiger partial charge on any atom is 0.294 e. The van der Waals surface area contributed by atoms with E-state index in [1.807, 2.05) is 24.3 Å². The van der Waals surface area contributed by atoms with Crippen molar-refractivity contribution < 1.29 is 9.15 Å². The van der Waals surface area contributed by atoms with E-state index in [9.17, 15) is 4.79 Å². The zero-order valence-electron chi connectivity index (χ0n) is 14.2. The van der Waals surface area contributed by atoms with Gasteiger partial charge in [0.25, 0.3) is 5.56 Å². The third-order valence-corrected chi connectivity index (χ3v) is 4.20. The summed E-state index contributed by atoms with van der Waals surface area (Å²) in [6.07, 6.45) is 0. The number of nitrogens with zero attached hydrogens (tertiary/aromatic N) is 1. The van der Waals surface area contributed by atoms with Gasteiger partial charge in [-0.1, -0.05) is 35.8 Å². The van der Waals surface area contributed by atoms with Crippen LogP contribution in [-0.2, 0) is 13.1 Å². The number of fused-ring (bicyclic) bond motifs is 3. The quantitative estimate of drug-likeness (QED) is 0.539. The van der Waals surface area contributed by atoms with Crippen molar-refractivity contribution in [3.8, 4) is 5.75 Å². The fraction of sp³-hybridized carbons (Fsp3) is 0.158. The average Bonchev–Trinajstić information content (AvgIpc) is 3.01. The van der Waals surface area contributed by atoms with E-state index < -0.39 is 0 Å². The zero-order chi connectivity index (χ0) is 18.1. The molecule has 6 nitrogen and oxygen atoms in total. The lowest BCUT2D eigenvalue weighted by Crippen LogP contribution is -2.19. The Morgan fingerprint density at radius 2 is 2.08 bits per heavy atom. The smallest absolute Gasteiger partial charge is 0.294 e. The summed E-state index contributed by atoms with van der Waals surface area (Å²) >= 11 is 0. The van der Waals surface area contributed by atoms with Gasteiger partial charge >= 0.3 is 0 Å². The van der Waals surface area contributed by atoms with Gasteiger partial charge in [-0.05, 0) is 12.1 Å². The molecule has 2 aromatic carbocycles. The van der Waals surface area contributed by atoms with Crippen molar-refractivity contribution in [2.24, 2.45) is 0 Å². The molecule has 0 aliphatic heterocycles. The maximum atomic E-state index is 12.3. The second kappa shape index (κ2) is 6.69. The van der Waals surface area contributed by atoms with Crippen LogP contribution in [0.2, 0.25) is 0 Å². The molecule has 0 aliphatic rings. The number of nitrogens with one attached hydrogen (secondary N) is 2. The number of aromatic amines is 1. The van der Waals surface area contributed by atoms with Crippen molar-refractivity contribution >= 4 is 35.4 Å². The number of aromatic nitrogens is 2. The van der Waals surface area contributed by atoms with Crippen LogP contribution in [0, 0.1) is 0 Å². The van der Waals surface area contributed by atoms with Crippen LogP contribution in [0.4, 0.5) is 0 Å². The summed E-state index contributed by atoms with van der Waals surface area (Å²) in [6, 6.07) is 13.0. The van der Waals surface area contributed by atoms with Gasteiger partial charge in [-0.25, -0.2) is 4.98 Å². The first-order chi connectivity index (χ1) is 12.7. The highest BCUT2D eigenvalue weighted by atomic mass is 16.5. The number of furan rings is 1. The maximum absolute atomic E-state index is 12.3. The average molecular weight is 345 g/mol. The zero-order valence-corrected chi connectivity index (χ0v) is 14.2. The molecular weight excluding hydrogens is 329 g/mol. The molecule has 0 spiro atoms. The fourth-order valence-corrected chi connectivity index (χ4v) is 2.97. The predicted molar refractivity (Wildman–Crippen MR) is 101 cm³/mol. The van der Waals surface area contributed by atoms with Crippen LogP contribution < -0.4 is 21.1 Å². The van der Waals surface area contributed by atoms with Crippen LogP contribution in [0.5, 0.6) is 5.75 Å². The lowest BCUT2D eigenvalue weighted by molar-refractivity contribution is 0.407. The van der Waals surface area contributed by atoms with Gasteiger partial charge in [-0.2, -0.15) is 0 Å². The SMILES string of the molecule is [B]c1ccc2oc3c(=O)[nH]c(CNCc4ccccc4OC)nc3c2c1. The largest absolute Gasteiger partial charge is 0.496 e. The summed E-state index contributed by atoms with van der Waals surface area (Å²) in [5.74, 6) is 1.34. The lowest BCUT2D eigenvalue weighted by atomic mass is 9.95. The Morgan fingerprint density at radius 3 is 2.92 bits per heavy atom. The molecule has 0 aliphatic carbocycles. The molecule has 0 bridgehead atoms. The van der Waals surface area contributed by atoms with Gasteiger partial charge in [-0.3, -0.25) is 4.79 Å². The first kappa shape index (κ1) is 16.4. The van der Waals surface area contributed by atoms with Crippen LogP contribution in [0.3, 0.4) is 0 Å².